The van der Waals surface area contributed by atoms with E-state index in [0.717, 1.165) is 35.4 Å². The number of anilines is 1. The maximum absolute atomic E-state index is 13.3. The van der Waals surface area contributed by atoms with Gasteiger partial charge in [0, 0.05) is 31.7 Å². The molecule has 3 N–H and O–H groups in total. The summed E-state index contributed by atoms with van der Waals surface area (Å²) in [6, 6.07) is 3.17. The van der Waals surface area contributed by atoms with E-state index in [9.17, 15) is 18.0 Å². The lowest BCUT2D eigenvalue weighted by atomic mass is 9.78. The zero-order valence-corrected chi connectivity index (χ0v) is 24.8. The van der Waals surface area contributed by atoms with Gasteiger partial charge in [-0.05, 0) is 80.7 Å². The van der Waals surface area contributed by atoms with Crippen molar-refractivity contribution in [2.45, 2.75) is 90.5 Å². The zero-order valence-electron chi connectivity index (χ0n) is 24.0. The molecule has 1 unspecified atom stereocenters. The predicted octanol–water partition coefficient (Wildman–Crippen LogP) is 4.05. The SMILES string of the molecule is CCCCC1CCC[C@@H](C2=NC3(CCN(S(=O)(=O)CCc4c(C)cc(N(C)C(N)=O)cc4C)CC3)C(=O)N2)C1. The van der Waals surface area contributed by atoms with Crippen molar-refractivity contribution in [3.05, 3.63) is 28.8 Å². The van der Waals surface area contributed by atoms with Gasteiger partial charge in [-0.2, -0.15) is 0 Å². The summed E-state index contributed by atoms with van der Waals surface area (Å²) < 4.78 is 28.1. The fourth-order valence-corrected chi connectivity index (χ4v) is 8.01. The second-order valence-corrected chi connectivity index (χ2v) is 13.9. The van der Waals surface area contributed by atoms with Crippen molar-refractivity contribution in [3.8, 4) is 0 Å². The van der Waals surface area contributed by atoms with Gasteiger partial charge in [-0.3, -0.25) is 14.7 Å². The number of primary amides is 1. The molecule has 1 saturated heterocycles. The van der Waals surface area contributed by atoms with Gasteiger partial charge < -0.3 is 11.1 Å². The average Bonchev–Trinajstić information content (AvgIpc) is 3.21. The first-order chi connectivity index (χ1) is 18.5. The number of nitrogens with one attached hydrogen (secondary N) is 1. The number of amidine groups is 1. The Morgan fingerprint density at radius 3 is 2.49 bits per heavy atom. The van der Waals surface area contributed by atoms with Gasteiger partial charge in [0.25, 0.3) is 5.91 Å². The Morgan fingerprint density at radius 1 is 1.21 bits per heavy atom. The number of nitrogens with two attached hydrogens (primary N) is 1. The van der Waals surface area contributed by atoms with Gasteiger partial charge in [0.1, 0.15) is 11.4 Å². The van der Waals surface area contributed by atoms with E-state index in [0.29, 0.717) is 49.9 Å². The summed E-state index contributed by atoms with van der Waals surface area (Å²) in [5, 5.41) is 3.10. The lowest BCUT2D eigenvalue weighted by Crippen LogP contribution is -2.51. The highest BCUT2D eigenvalue weighted by Crippen LogP contribution is 2.37. The van der Waals surface area contributed by atoms with E-state index in [1.54, 1.807) is 7.05 Å². The van der Waals surface area contributed by atoms with Crippen molar-refractivity contribution in [3.63, 3.8) is 0 Å². The molecule has 3 aliphatic rings. The van der Waals surface area contributed by atoms with Crippen molar-refractivity contribution in [2.24, 2.45) is 22.6 Å². The molecule has 9 nitrogen and oxygen atoms in total. The van der Waals surface area contributed by atoms with Crippen LogP contribution in [0, 0.1) is 25.7 Å². The van der Waals surface area contributed by atoms with E-state index >= 15 is 0 Å². The maximum atomic E-state index is 13.3. The van der Waals surface area contributed by atoms with Gasteiger partial charge in [0.2, 0.25) is 10.0 Å². The molecule has 1 aromatic carbocycles. The molecule has 2 aliphatic heterocycles. The molecule has 10 heteroatoms. The Morgan fingerprint density at radius 2 is 1.87 bits per heavy atom. The molecule has 2 heterocycles. The molecule has 0 bridgehead atoms. The first-order valence-electron chi connectivity index (χ1n) is 14.5. The smallest absolute Gasteiger partial charge is 0.318 e. The number of benzene rings is 1. The van der Waals surface area contributed by atoms with Crippen molar-refractivity contribution >= 4 is 33.5 Å². The molecule has 4 rings (SSSR count). The van der Waals surface area contributed by atoms with Crippen LogP contribution in [0.15, 0.2) is 17.1 Å². The topological polar surface area (TPSA) is 125 Å². The minimum atomic E-state index is -3.50. The number of aliphatic imine (C=N–C) groups is 1. The van der Waals surface area contributed by atoms with Crippen LogP contribution in [-0.2, 0) is 21.2 Å². The number of amides is 3. The minimum absolute atomic E-state index is 0.00534. The molecule has 1 saturated carbocycles. The van der Waals surface area contributed by atoms with Crippen molar-refractivity contribution in [1.29, 1.82) is 0 Å². The molecule has 2 fully saturated rings. The van der Waals surface area contributed by atoms with E-state index < -0.39 is 21.6 Å². The third kappa shape index (κ3) is 6.48. The lowest BCUT2D eigenvalue weighted by Gasteiger charge is -2.35. The molecular weight excluding hydrogens is 514 g/mol. The molecule has 1 spiro atoms. The van der Waals surface area contributed by atoms with Crippen molar-refractivity contribution in [2.75, 3.05) is 30.8 Å². The largest absolute Gasteiger partial charge is 0.351 e. The number of rotatable bonds is 9. The Balaban J connectivity index is 1.37. The molecule has 0 aromatic heterocycles. The number of sulfonamides is 1. The Bertz CT molecular complexity index is 1200. The quantitative estimate of drug-likeness (QED) is 0.473. The lowest BCUT2D eigenvalue weighted by molar-refractivity contribution is -0.125. The molecule has 39 heavy (non-hydrogen) atoms. The second kappa shape index (κ2) is 12.0. The van der Waals surface area contributed by atoms with E-state index in [2.05, 4.69) is 12.2 Å². The van der Waals surface area contributed by atoms with Crippen LogP contribution in [0.4, 0.5) is 10.5 Å². The highest BCUT2D eigenvalue weighted by Gasteiger charge is 2.48. The van der Waals surface area contributed by atoms with E-state index in [1.165, 1.54) is 41.3 Å². The van der Waals surface area contributed by atoms with Crippen LogP contribution in [0.3, 0.4) is 0 Å². The Labute approximate surface area is 233 Å². The standard InChI is InChI=1S/C29H45N5O4S/c1-5-6-8-22-9-7-10-23(19-22)26-31-27(35)29(32-26)12-14-34(15-13-29)39(37,38)16-11-25-20(2)17-24(18-21(25)3)33(4)28(30)36/h17-18,22-23H,5-16,19H2,1-4H3,(H2,30,36)(H,31,32,35)/t22?,23-/m1/s1. The molecule has 1 aromatic rings. The van der Waals surface area contributed by atoms with Crippen molar-refractivity contribution < 1.29 is 18.0 Å². The molecule has 0 radical (unpaired) electrons. The van der Waals surface area contributed by atoms with E-state index in [-0.39, 0.29) is 11.7 Å². The number of carbonyl (C=O) groups is 2. The summed E-state index contributed by atoms with van der Waals surface area (Å²) >= 11 is 0. The normalized spacial score (nSPS) is 23.5. The number of hydrogen-bond acceptors (Lipinski definition) is 5. The van der Waals surface area contributed by atoms with Crippen LogP contribution in [0.1, 0.15) is 81.4 Å². The summed E-state index contributed by atoms with van der Waals surface area (Å²) in [7, 11) is -1.89. The summed E-state index contributed by atoms with van der Waals surface area (Å²) in [6.45, 7) is 6.67. The summed E-state index contributed by atoms with van der Waals surface area (Å²) in [5.41, 5.74) is 8.06. The van der Waals surface area contributed by atoms with Gasteiger partial charge >= 0.3 is 6.03 Å². The zero-order chi connectivity index (χ0) is 28.4. The van der Waals surface area contributed by atoms with Crippen LogP contribution in [-0.4, -0.2) is 61.9 Å². The summed E-state index contributed by atoms with van der Waals surface area (Å²) in [4.78, 5) is 31.0. The number of unbranched alkanes of at least 4 members (excludes halogenated alkanes) is 1. The Hall–Kier alpha value is -2.46. The summed E-state index contributed by atoms with van der Waals surface area (Å²) in [5.74, 6) is 1.80. The number of urea groups is 1. The van der Waals surface area contributed by atoms with Crippen LogP contribution < -0.4 is 16.0 Å². The highest BCUT2D eigenvalue weighted by molar-refractivity contribution is 7.89. The third-order valence-electron chi connectivity index (χ3n) is 9.09. The first kappa shape index (κ1) is 29.5. The molecule has 3 amide bonds. The van der Waals surface area contributed by atoms with E-state index in [1.807, 2.05) is 26.0 Å². The van der Waals surface area contributed by atoms with Gasteiger partial charge in [0.15, 0.2) is 0 Å². The number of piperidine rings is 1. The van der Waals surface area contributed by atoms with Crippen molar-refractivity contribution in [1.82, 2.24) is 9.62 Å². The fraction of sp³-hybridized carbons (Fsp3) is 0.690. The Kier molecular flexibility index (Phi) is 9.05. The minimum Gasteiger partial charge on any atom is -0.351 e. The number of carbonyl (C=O) groups excluding carboxylic acids is 2. The molecular formula is C29H45N5O4S. The van der Waals surface area contributed by atoms with Crippen LogP contribution in [0.5, 0.6) is 0 Å². The predicted molar refractivity (Wildman–Crippen MR) is 155 cm³/mol. The highest BCUT2D eigenvalue weighted by atomic mass is 32.2. The first-order valence-corrected chi connectivity index (χ1v) is 16.1. The number of nitrogens with zero attached hydrogens (tertiary/aromatic N) is 3. The van der Waals surface area contributed by atoms with Crippen LogP contribution >= 0.6 is 0 Å². The molecule has 2 atom stereocenters. The number of hydrogen-bond donors (Lipinski definition) is 2. The van der Waals surface area contributed by atoms with Gasteiger partial charge in [0.05, 0.1) is 5.75 Å². The average molecular weight is 560 g/mol. The fourth-order valence-electron chi connectivity index (χ4n) is 6.55. The van der Waals surface area contributed by atoms with Gasteiger partial charge in [-0.1, -0.05) is 39.0 Å². The summed E-state index contributed by atoms with van der Waals surface area (Å²) in [6.07, 6.45) is 9.53. The number of aryl methyl sites for hydroxylation is 2. The van der Waals surface area contributed by atoms with E-state index in [4.69, 9.17) is 10.7 Å². The van der Waals surface area contributed by atoms with Gasteiger partial charge in [-0.15, -0.1) is 0 Å². The second-order valence-electron chi connectivity index (χ2n) is 11.8. The van der Waals surface area contributed by atoms with Gasteiger partial charge in [-0.25, -0.2) is 17.5 Å². The molecule has 1 aliphatic carbocycles. The van der Waals surface area contributed by atoms with Crippen LogP contribution in [0.25, 0.3) is 0 Å². The van der Waals surface area contributed by atoms with Crippen LogP contribution in [0.2, 0.25) is 0 Å². The molecule has 216 valence electrons. The monoisotopic (exact) mass is 559 g/mol. The maximum Gasteiger partial charge on any atom is 0.318 e. The third-order valence-corrected chi connectivity index (χ3v) is 11.0.